The maximum atomic E-state index is 6.30. The molecule has 0 aliphatic heterocycles. The number of anilines is 1. The molecule has 2 saturated carbocycles. The molecule has 2 bridgehead atoms. The highest BCUT2D eigenvalue weighted by molar-refractivity contribution is 5.54. The van der Waals surface area contributed by atoms with Gasteiger partial charge in [-0.2, -0.15) is 4.98 Å². The summed E-state index contributed by atoms with van der Waals surface area (Å²) in [5.41, 5.74) is 0.525. The summed E-state index contributed by atoms with van der Waals surface area (Å²) < 4.78 is 11.7. The molecular weight excluding hydrogens is 266 g/mol. The lowest BCUT2D eigenvalue weighted by atomic mass is 9.70. The number of methoxy groups -OCH3 is 1. The predicted octanol–water partition coefficient (Wildman–Crippen LogP) is 3.12. The molecule has 3 unspecified atom stereocenters. The Morgan fingerprint density at radius 2 is 2.05 bits per heavy atom. The zero-order valence-electron chi connectivity index (χ0n) is 13.6. The first kappa shape index (κ1) is 14.4. The van der Waals surface area contributed by atoms with Crippen LogP contribution in [-0.2, 0) is 0 Å². The van der Waals surface area contributed by atoms with Gasteiger partial charge in [0, 0.05) is 12.5 Å². The molecule has 1 aromatic rings. The number of nitrogens with zero attached hydrogens (tertiary/aromatic N) is 2. The fraction of sp³-hybridized carbons (Fsp3) is 0.750. The van der Waals surface area contributed by atoms with Crippen molar-refractivity contribution in [2.75, 3.05) is 19.5 Å². The lowest BCUT2D eigenvalue weighted by Gasteiger charge is -2.38. The third-order valence-electron chi connectivity index (χ3n) is 6.18. The third kappa shape index (κ3) is 1.89. The minimum Gasteiger partial charge on any atom is -0.489 e. The summed E-state index contributed by atoms with van der Waals surface area (Å²) in [5, 5.41) is 3.02. The molecule has 2 aliphatic carbocycles. The van der Waals surface area contributed by atoms with E-state index in [-0.39, 0.29) is 11.5 Å². The highest BCUT2D eigenvalue weighted by atomic mass is 16.5. The van der Waals surface area contributed by atoms with Crippen molar-refractivity contribution in [1.82, 2.24) is 9.97 Å². The summed E-state index contributed by atoms with van der Waals surface area (Å²) in [6.07, 6.45) is 5.35. The van der Waals surface area contributed by atoms with Crippen molar-refractivity contribution in [2.45, 2.75) is 46.1 Å². The number of hydrogen-bond donors (Lipinski definition) is 1. The quantitative estimate of drug-likeness (QED) is 0.923. The van der Waals surface area contributed by atoms with Crippen LogP contribution in [0.4, 0.5) is 5.82 Å². The van der Waals surface area contributed by atoms with Gasteiger partial charge in [0.15, 0.2) is 5.82 Å². The molecule has 0 amide bonds. The summed E-state index contributed by atoms with van der Waals surface area (Å²) >= 11 is 0. The van der Waals surface area contributed by atoms with Crippen LogP contribution >= 0.6 is 0 Å². The summed E-state index contributed by atoms with van der Waals surface area (Å²) in [6.45, 7) is 7.12. The second-order valence-corrected chi connectivity index (χ2v) is 7.03. The number of fused-ring (bicyclic) bond motifs is 2. The normalized spacial score (nSPS) is 33.0. The molecule has 21 heavy (non-hydrogen) atoms. The van der Waals surface area contributed by atoms with Crippen molar-refractivity contribution in [2.24, 2.45) is 16.7 Å². The molecule has 5 nitrogen and oxygen atoms in total. The van der Waals surface area contributed by atoms with E-state index in [1.807, 2.05) is 7.05 Å². The SMILES string of the molecule is CNc1ncnc(OC2CC3CCC2(C)C3(C)C)c1OC. The van der Waals surface area contributed by atoms with Crippen LogP contribution < -0.4 is 14.8 Å². The first-order chi connectivity index (χ1) is 9.94. The number of hydrogen-bond acceptors (Lipinski definition) is 5. The first-order valence-corrected chi connectivity index (χ1v) is 7.67. The molecule has 0 radical (unpaired) electrons. The highest BCUT2D eigenvalue weighted by Gasteiger charge is 2.62. The molecule has 2 fully saturated rings. The maximum absolute atomic E-state index is 6.30. The summed E-state index contributed by atoms with van der Waals surface area (Å²) in [6, 6.07) is 0. The van der Waals surface area contributed by atoms with Crippen molar-refractivity contribution < 1.29 is 9.47 Å². The molecule has 5 heteroatoms. The summed E-state index contributed by atoms with van der Waals surface area (Å²) in [5.74, 6) is 2.54. The van der Waals surface area contributed by atoms with E-state index in [0.29, 0.717) is 22.9 Å². The van der Waals surface area contributed by atoms with E-state index in [1.54, 1.807) is 7.11 Å². The monoisotopic (exact) mass is 291 g/mol. The van der Waals surface area contributed by atoms with Crippen molar-refractivity contribution in [3.63, 3.8) is 0 Å². The smallest absolute Gasteiger partial charge is 0.262 e. The van der Waals surface area contributed by atoms with Crippen LogP contribution in [0.1, 0.15) is 40.0 Å². The fourth-order valence-electron chi connectivity index (χ4n) is 4.25. The third-order valence-corrected chi connectivity index (χ3v) is 6.18. The highest BCUT2D eigenvalue weighted by Crippen LogP contribution is 2.66. The Morgan fingerprint density at radius 1 is 1.29 bits per heavy atom. The zero-order chi connectivity index (χ0) is 15.3. The molecule has 116 valence electrons. The Kier molecular flexibility index (Phi) is 3.26. The van der Waals surface area contributed by atoms with Gasteiger partial charge in [0.2, 0.25) is 5.75 Å². The Morgan fingerprint density at radius 3 is 2.57 bits per heavy atom. The van der Waals surface area contributed by atoms with Crippen LogP contribution in [0.5, 0.6) is 11.6 Å². The number of nitrogens with one attached hydrogen (secondary N) is 1. The van der Waals surface area contributed by atoms with Crippen molar-refractivity contribution in [1.29, 1.82) is 0 Å². The van der Waals surface area contributed by atoms with Gasteiger partial charge in [-0.25, -0.2) is 4.98 Å². The van der Waals surface area contributed by atoms with E-state index in [9.17, 15) is 0 Å². The topological polar surface area (TPSA) is 56.3 Å². The van der Waals surface area contributed by atoms with E-state index in [4.69, 9.17) is 9.47 Å². The second kappa shape index (κ2) is 4.75. The molecule has 2 aliphatic rings. The van der Waals surface area contributed by atoms with Gasteiger partial charge < -0.3 is 14.8 Å². The molecule has 3 atom stereocenters. The van der Waals surface area contributed by atoms with Gasteiger partial charge in [0.1, 0.15) is 12.4 Å². The number of rotatable bonds is 4. The predicted molar refractivity (Wildman–Crippen MR) is 81.8 cm³/mol. The average molecular weight is 291 g/mol. The van der Waals surface area contributed by atoms with E-state index < -0.39 is 0 Å². The van der Waals surface area contributed by atoms with Crippen LogP contribution in [0.2, 0.25) is 0 Å². The molecule has 0 spiro atoms. The van der Waals surface area contributed by atoms with E-state index in [1.165, 1.54) is 19.2 Å². The van der Waals surface area contributed by atoms with E-state index in [2.05, 4.69) is 36.1 Å². The Bertz CT molecular complexity index is 546. The van der Waals surface area contributed by atoms with Crippen LogP contribution in [0.15, 0.2) is 6.33 Å². The van der Waals surface area contributed by atoms with Gasteiger partial charge in [-0.3, -0.25) is 0 Å². The van der Waals surface area contributed by atoms with Gasteiger partial charge in [-0.15, -0.1) is 0 Å². The van der Waals surface area contributed by atoms with Gasteiger partial charge in [-0.05, 0) is 30.6 Å². The number of aromatic nitrogens is 2. The second-order valence-electron chi connectivity index (χ2n) is 7.03. The number of ether oxygens (including phenoxy) is 2. The van der Waals surface area contributed by atoms with E-state index >= 15 is 0 Å². The zero-order valence-corrected chi connectivity index (χ0v) is 13.6. The Hall–Kier alpha value is -1.52. The Balaban J connectivity index is 1.89. The standard InChI is InChI=1S/C16H25N3O2/c1-15(2)10-6-7-16(15,3)11(8-10)21-14-12(20-5)13(17-4)18-9-19-14/h9-11H,6-8H2,1-5H3,(H,17,18,19). The lowest BCUT2D eigenvalue weighted by molar-refractivity contribution is 0.0255. The summed E-state index contributed by atoms with van der Waals surface area (Å²) in [4.78, 5) is 8.46. The van der Waals surface area contributed by atoms with Gasteiger partial charge in [0.25, 0.3) is 5.88 Å². The van der Waals surface area contributed by atoms with Gasteiger partial charge in [-0.1, -0.05) is 20.8 Å². The van der Waals surface area contributed by atoms with Crippen molar-refractivity contribution in [3.05, 3.63) is 6.33 Å². The maximum Gasteiger partial charge on any atom is 0.262 e. The summed E-state index contributed by atoms with van der Waals surface area (Å²) in [7, 11) is 3.44. The Labute approximate surface area is 126 Å². The van der Waals surface area contributed by atoms with Crippen LogP contribution in [0.3, 0.4) is 0 Å². The molecular formula is C16H25N3O2. The van der Waals surface area contributed by atoms with E-state index in [0.717, 1.165) is 12.3 Å². The lowest BCUT2D eigenvalue weighted by Crippen LogP contribution is -2.39. The van der Waals surface area contributed by atoms with Crippen LogP contribution in [-0.4, -0.2) is 30.2 Å². The van der Waals surface area contributed by atoms with Crippen molar-refractivity contribution >= 4 is 5.82 Å². The molecule has 0 aromatic carbocycles. The minimum absolute atomic E-state index is 0.194. The molecule has 0 saturated heterocycles. The fourth-order valence-corrected chi connectivity index (χ4v) is 4.25. The first-order valence-electron chi connectivity index (χ1n) is 7.67. The minimum atomic E-state index is 0.194. The molecule has 1 heterocycles. The molecule has 1 N–H and O–H groups in total. The van der Waals surface area contributed by atoms with Gasteiger partial charge >= 0.3 is 0 Å². The van der Waals surface area contributed by atoms with Crippen LogP contribution in [0, 0.1) is 16.7 Å². The van der Waals surface area contributed by atoms with Crippen LogP contribution in [0.25, 0.3) is 0 Å². The van der Waals surface area contributed by atoms with Gasteiger partial charge in [0.05, 0.1) is 7.11 Å². The molecule has 1 aromatic heterocycles. The average Bonchev–Trinajstić information content (AvgIpc) is 2.80. The molecule has 3 rings (SSSR count). The largest absolute Gasteiger partial charge is 0.489 e. The van der Waals surface area contributed by atoms with Crippen molar-refractivity contribution in [3.8, 4) is 11.6 Å².